The zero-order chi connectivity index (χ0) is 21.8. The van der Waals surface area contributed by atoms with Crippen molar-refractivity contribution in [2.45, 2.75) is 39.5 Å². The van der Waals surface area contributed by atoms with Crippen LogP contribution in [0.4, 0.5) is 0 Å². The van der Waals surface area contributed by atoms with Crippen LogP contribution >= 0.6 is 0 Å². The molecule has 1 unspecified atom stereocenters. The standard InChI is InChI=1S/C25H30O5/c1-4-6-9-19(5-2)18-29-25(27)22-10-7-8-11-23(22)30-24(26)17-14-20-12-15-21(28-3)16-13-20/h7-8,10-17,19H,4-6,9,18H2,1-3H3/b17-14+. The van der Waals surface area contributed by atoms with Crippen LogP contribution in [-0.2, 0) is 9.53 Å². The molecule has 30 heavy (non-hydrogen) atoms. The second-order valence-electron chi connectivity index (χ2n) is 7.04. The molecule has 0 fully saturated rings. The molecule has 0 heterocycles. The third-order valence-electron chi connectivity index (χ3n) is 4.84. The fourth-order valence-electron chi connectivity index (χ4n) is 2.92. The highest BCUT2D eigenvalue weighted by atomic mass is 16.5. The second kappa shape index (κ2) is 12.5. The van der Waals surface area contributed by atoms with Crippen LogP contribution in [0, 0.1) is 5.92 Å². The van der Waals surface area contributed by atoms with Crippen LogP contribution in [0.1, 0.15) is 55.5 Å². The van der Waals surface area contributed by atoms with Gasteiger partial charge in [-0.15, -0.1) is 0 Å². The van der Waals surface area contributed by atoms with Crippen LogP contribution in [-0.4, -0.2) is 25.7 Å². The first-order valence-electron chi connectivity index (χ1n) is 10.4. The number of rotatable bonds is 11. The third kappa shape index (κ3) is 7.39. The minimum absolute atomic E-state index is 0.188. The molecule has 0 saturated carbocycles. The maximum Gasteiger partial charge on any atom is 0.341 e. The van der Waals surface area contributed by atoms with Gasteiger partial charge in [0.2, 0.25) is 0 Å². The molecule has 0 bridgehead atoms. The van der Waals surface area contributed by atoms with Gasteiger partial charge in [-0.2, -0.15) is 0 Å². The average molecular weight is 411 g/mol. The Labute approximate surface area is 178 Å². The van der Waals surface area contributed by atoms with Gasteiger partial charge in [-0.25, -0.2) is 9.59 Å². The number of methoxy groups -OCH3 is 1. The predicted molar refractivity (Wildman–Crippen MR) is 118 cm³/mol. The molecule has 0 radical (unpaired) electrons. The Balaban J connectivity index is 1.98. The molecule has 1 atom stereocenters. The molecule has 0 aliphatic rings. The van der Waals surface area contributed by atoms with Crippen molar-refractivity contribution in [2.75, 3.05) is 13.7 Å². The van der Waals surface area contributed by atoms with Crippen molar-refractivity contribution in [1.82, 2.24) is 0 Å². The molecule has 0 spiro atoms. The Morgan fingerprint density at radius 2 is 1.77 bits per heavy atom. The first-order chi connectivity index (χ1) is 14.6. The number of unbranched alkanes of at least 4 members (excludes halogenated alkanes) is 1. The van der Waals surface area contributed by atoms with Crippen LogP contribution in [0.25, 0.3) is 6.08 Å². The van der Waals surface area contributed by atoms with Crippen molar-refractivity contribution in [1.29, 1.82) is 0 Å². The monoisotopic (exact) mass is 410 g/mol. The van der Waals surface area contributed by atoms with Crippen molar-refractivity contribution in [3.8, 4) is 11.5 Å². The van der Waals surface area contributed by atoms with E-state index in [2.05, 4.69) is 13.8 Å². The van der Waals surface area contributed by atoms with E-state index in [0.29, 0.717) is 12.5 Å². The van der Waals surface area contributed by atoms with Gasteiger partial charge in [-0.1, -0.05) is 57.4 Å². The minimum Gasteiger partial charge on any atom is -0.497 e. The lowest BCUT2D eigenvalue weighted by molar-refractivity contribution is -0.128. The molecular weight excluding hydrogens is 380 g/mol. The Kier molecular flexibility index (Phi) is 9.65. The number of para-hydroxylation sites is 1. The summed E-state index contributed by atoms with van der Waals surface area (Å²) in [6, 6.07) is 13.9. The number of hydrogen-bond acceptors (Lipinski definition) is 5. The highest BCUT2D eigenvalue weighted by Gasteiger charge is 2.17. The number of hydrogen-bond donors (Lipinski definition) is 0. The number of carbonyl (C=O) groups is 2. The molecule has 5 heteroatoms. The van der Waals surface area contributed by atoms with E-state index >= 15 is 0 Å². The van der Waals surface area contributed by atoms with Crippen molar-refractivity contribution >= 4 is 18.0 Å². The summed E-state index contributed by atoms with van der Waals surface area (Å²) in [5.74, 6) is 0.222. The SMILES string of the molecule is CCCCC(CC)COC(=O)c1ccccc1OC(=O)/C=C/c1ccc(OC)cc1. The number of benzene rings is 2. The van der Waals surface area contributed by atoms with Gasteiger partial charge in [0, 0.05) is 6.08 Å². The fourth-order valence-corrected chi connectivity index (χ4v) is 2.92. The molecule has 5 nitrogen and oxygen atoms in total. The maximum atomic E-state index is 12.5. The normalized spacial score (nSPS) is 11.8. The zero-order valence-electron chi connectivity index (χ0n) is 17.9. The average Bonchev–Trinajstić information content (AvgIpc) is 2.78. The van der Waals surface area contributed by atoms with Gasteiger partial charge in [0.15, 0.2) is 0 Å². The van der Waals surface area contributed by atoms with E-state index in [4.69, 9.17) is 14.2 Å². The lowest BCUT2D eigenvalue weighted by Gasteiger charge is -2.15. The summed E-state index contributed by atoms with van der Waals surface area (Å²) in [7, 11) is 1.60. The number of esters is 2. The van der Waals surface area contributed by atoms with E-state index in [1.807, 2.05) is 12.1 Å². The molecule has 0 aliphatic heterocycles. The van der Waals surface area contributed by atoms with Crippen molar-refractivity contribution in [3.63, 3.8) is 0 Å². The molecule has 160 valence electrons. The van der Waals surface area contributed by atoms with Gasteiger partial charge in [0.25, 0.3) is 0 Å². The summed E-state index contributed by atoms with van der Waals surface area (Å²) in [5.41, 5.74) is 1.08. The van der Waals surface area contributed by atoms with Crippen LogP contribution in [0.5, 0.6) is 11.5 Å². The summed E-state index contributed by atoms with van der Waals surface area (Å²) in [6.45, 7) is 4.61. The quantitative estimate of drug-likeness (QED) is 0.271. The van der Waals surface area contributed by atoms with Gasteiger partial charge in [0.05, 0.1) is 13.7 Å². The molecule has 0 amide bonds. The van der Waals surface area contributed by atoms with Crippen molar-refractivity contribution in [2.24, 2.45) is 5.92 Å². The van der Waals surface area contributed by atoms with Gasteiger partial charge in [-0.3, -0.25) is 0 Å². The van der Waals surface area contributed by atoms with Crippen molar-refractivity contribution < 1.29 is 23.8 Å². The Bertz CT molecular complexity index is 839. The van der Waals surface area contributed by atoms with Gasteiger partial charge in [0.1, 0.15) is 17.1 Å². The summed E-state index contributed by atoms with van der Waals surface area (Å²) < 4.78 is 16.0. The summed E-state index contributed by atoms with van der Waals surface area (Å²) >= 11 is 0. The fraction of sp³-hybridized carbons (Fsp3) is 0.360. The summed E-state index contributed by atoms with van der Waals surface area (Å²) in [5, 5.41) is 0. The first kappa shape index (κ1) is 23.2. The van der Waals surface area contributed by atoms with E-state index in [0.717, 1.165) is 37.0 Å². The van der Waals surface area contributed by atoms with Crippen molar-refractivity contribution in [3.05, 3.63) is 65.7 Å². The molecule has 2 rings (SSSR count). The third-order valence-corrected chi connectivity index (χ3v) is 4.84. The first-order valence-corrected chi connectivity index (χ1v) is 10.4. The minimum atomic E-state index is -0.569. The second-order valence-corrected chi connectivity index (χ2v) is 7.04. The van der Waals surface area contributed by atoms with E-state index in [-0.39, 0.29) is 11.3 Å². The lowest BCUT2D eigenvalue weighted by Crippen LogP contribution is -2.15. The van der Waals surface area contributed by atoms with Crippen LogP contribution in [0.15, 0.2) is 54.6 Å². The zero-order valence-corrected chi connectivity index (χ0v) is 17.9. The van der Waals surface area contributed by atoms with Gasteiger partial charge >= 0.3 is 11.9 Å². The molecule has 0 saturated heterocycles. The molecule has 2 aromatic carbocycles. The Morgan fingerprint density at radius 1 is 1.03 bits per heavy atom. The lowest BCUT2D eigenvalue weighted by atomic mass is 10.0. The van der Waals surface area contributed by atoms with E-state index in [1.54, 1.807) is 49.6 Å². The molecule has 0 aromatic heterocycles. The summed E-state index contributed by atoms with van der Waals surface area (Å²) in [6.07, 6.45) is 7.19. The van der Waals surface area contributed by atoms with Gasteiger partial charge in [-0.05, 0) is 48.2 Å². The largest absolute Gasteiger partial charge is 0.497 e. The van der Waals surface area contributed by atoms with E-state index in [1.165, 1.54) is 6.08 Å². The molecule has 0 aliphatic carbocycles. The van der Waals surface area contributed by atoms with E-state index in [9.17, 15) is 9.59 Å². The van der Waals surface area contributed by atoms with E-state index < -0.39 is 11.9 Å². The molecule has 2 aromatic rings. The van der Waals surface area contributed by atoms with Gasteiger partial charge < -0.3 is 14.2 Å². The number of carbonyl (C=O) groups excluding carboxylic acids is 2. The Morgan fingerprint density at radius 3 is 2.43 bits per heavy atom. The topological polar surface area (TPSA) is 61.8 Å². The Hall–Kier alpha value is -3.08. The summed E-state index contributed by atoms with van der Waals surface area (Å²) in [4.78, 5) is 24.8. The highest BCUT2D eigenvalue weighted by molar-refractivity contribution is 5.95. The van der Waals surface area contributed by atoms with Crippen LogP contribution in [0.2, 0.25) is 0 Å². The van der Waals surface area contributed by atoms with Crippen LogP contribution < -0.4 is 9.47 Å². The predicted octanol–water partition coefficient (Wildman–Crippen LogP) is 5.69. The smallest absolute Gasteiger partial charge is 0.341 e. The van der Waals surface area contributed by atoms with Crippen LogP contribution in [0.3, 0.4) is 0 Å². The molecule has 0 N–H and O–H groups in total. The molecular formula is C25H30O5. The maximum absolute atomic E-state index is 12.5. The number of ether oxygens (including phenoxy) is 3. The highest BCUT2D eigenvalue weighted by Crippen LogP contribution is 2.21.